The quantitative estimate of drug-likeness (QED) is 0.818. The zero-order chi connectivity index (χ0) is 15.8. The van der Waals surface area contributed by atoms with Gasteiger partial charge in [0.2, 0.25) is 5.91 Å². The van der Waals surface area contributed by atoms with Crippen molar-refractivity contribution >= 4 is 5.91 Å². The molecule has 1 fully saturated rings. The molecule has 2 rings (SSSR count). The topological polar surface area (TPSA) is 32.3 Å². The lowest BCUT2D eigenvalue weighted by molar-refractivity contribution is -0.120. The van der Waals surface area contributed by atoms with Crippen LogP contribution in [0.4, 0.5) is 0 Å². The fourth-order valence-electron chi connectivity index (χ4n) is 3.12. The molecule has 1 saturated heterocycles. The van der Waals surface area contributed by atoms with E-state index in [0.717, 1.165) is 25.1 Å². The maximum Gasteiger partial charge on any atom is 0.224 e. The molecule has 0 atom stereocenters. The number of carbonyl (C=O) groups excluding carboxylic acids is 1. The number of amides is 1. The number of aryl methyl sites for hydroxylation is 2. The van der Waals surface area contributed by atoms with E-state index in [1.54, 1.807) is 0 Å². The summed E-state index contributed by atoms with van der Waals surface area (Å²) >= 11 is 0. The molecule has 1 N–H and O–H groups in total. The van der Waals surface area contributed by atoms with Crippen LogP contribution in [0.3, 0.4) is 0 Å². The van der Waals surface area contributed by atoms with Gasteiger partial charge in [-0.25, -0.2) is 0 Å². The Labute approximate surface area is 135 Å². The van der Waals surface area contributed by atoms with Gasteiger partial charge in [-0.05, 0) is 63.9 Å². The van der Waals surface area contributed by atoms with Crippen LogP contribution in [0.5, 0.6) is 0 Å². The van der Waals surface area contributed by atoms with Gasteiger partial charge in [0.1, 0.15) is 0 Å². The lowest BCUT2D eigenvalue weighted by Crippen LogP contribution is -2.31. The van der Waals surface area contributed by atoms with Crippen LogP contribution < -0.4 is 5.32 Å². The van der Waals surface area contributed by atoms with Gasteiger partial charge in [-0.15, -0.1) is 0 Å². The molecule has 0 saturated carbocycles. The first-order valence-corrected chi connectivity index (χ1v) is 8.70. The van der Waals surface area contributed by atoms with Crippen molar-refractivity contribution in [3.8, 4) is 0 Å². The third kappa shape index (κ3) is 5.80. The van der Waals surface area contributed by atoms with Crippen LogP contribution in [0.2, 0.25) is 0 Å². The Morgan fingerprint density at radius 2 is 1.86 bits per heavy atom. The van der Waals surface area contributed by atoms with Crippen molar-refractivity contribution < 1.29 is 4.79 Å². The summed E-state index contributed by atoms with van der Waals surface area (Å²) in [5, 5.41) is 3.07. The lowest BCUT2D eigenvalue weighted by Gasteiger charge is -2.19. The Kier molecular flexibility index (Phi) is 6.91. The second kappa shape index (κ2) is 8.94. The van der Waals surface area contributed by atoms with E-state index in [1.807, 2.05) is 0 Å². The van der Waals surface area contributed by atoms with Gasteiger partial charge in [0, 0.05) is 6.54 Å². The maximum absolute atomic E-state index is 12.1. The summed E-state index contributed by atoms with van der Waals surface area (Å²) in [6.45, 7) is 8.51. The standard InChI is InChI=1S/C19H30N2O/c1-16-8-9-17(2)18(14-16)15-19(22)20-10-7-13-21-11-5-3-4-6-12-21/h8-9,14H,3-7,10-13,15H2,1-2H3,(H,20,22). The molecule has 0 aliphatic carbocycles. The normalized spacial score (nSPS) is 16.3. The van der Waals surface area contributed by atoms with Crippen LogP contribution in [0.15, 0.2) is 18.2 Å². The average Bonchev–Trinajstić information content (AvgIpc) is 2.76. The third-order valence-electron chi connectivity index (χ3n) is 4.53. The average molecular weight is 302 g/mol. The fourth-order valence-corrected chi connectivity index (χ4v) is 3.12. The summed E-state index contributed by atoms with van der Waals surface area (Å²) in [6, 6.07) is 6.31. The lowest BCUT2D eigenvalue weighted by atomic mass is 10.0. The molecular weight excluding hydrogens is 272 g/mol. The highest BCUT2D eigenvalue weighted by Crippen LogP contribution is 2.11. The van der Waals surface area contributed by atoms with E-state index in [9.17, 15) is 4.79 Å². The molecule has 1 aromatic carbocycles. The number of likely N-dealkylation sites (tertiary alicyclic amines) is 1. The molecule has 22 heavy (non-hydrogen) atoms. The second-order valence-corrected chi connectivity index (χ2v) is 6.57. The highest BCUT2D eigenvalue weighted by molar-refractivity contribution is 5.78. The fraction of sp³-hybridized carbons (Fsp3) is 0.632. The third-order valence-corrected chi connectivity index (χ3v) is 4.53. The first-order chi connectivity index (χ1) is 10.6. The van der Waals surface area contributed by atoms with E-state index in [-0.39, 0.29) is 5.91 Å². The highest BCUT2D eigenvalue weighted by Gasteiger charge is 2.09. The second-order valence-electron chi connectivity index (χ2n) is 6.57. The van der Waals surface area contributed by atoms with Gasteiger partial charge in [-0.3, -0.25) is 4.79 Å². The van der Waals surface area contributed by atoms with E-state index in [1.165, 1.54) is 49.9 Å². The minimum absolute atomic E-state index is 0.143. The predicted molar refractivity (Wildman–Crippen MR) is 92.2 cm³/mol. The van der Waals surface area contributed by atoms with Crippen molar-refractivity contribution in [2.24, 2.45) is 0 Å². The largest absolute Gasteiger partial charge is 0.356 e. The first-order valence-electron chi connectivity index (χ1n) is 8.70. The van der Waals surface area contributed by atoms with Gasteiger partial charge < -0.3 is 10.2 Å². The zero-order valence-electron chi connectivity index (χ0n) is 14.2. The Hall–Kier alpha value is -1.35. The van der Waals surface area contributed by atoms with Crippen molar-refractivity contribution in [1.82, 2.24) is 10.2 Å². The molecule has 1 aliphatic heterocycles. The first kappa shape index (κ1) is 17.0. The van der Waals surface area contributed by atoms with Gasteiger partial charge in [0.15, 0.2) is 0 Å². The van der Waals surface area contributed by atoms with Crippen LogP contribution in [0, 0.1) is 13.8 Å². The van der Waals surface area contributed by atoms with Crippen LogP contribution in [-0.4, -0.2) is 37.0 Å². The summed E-state index contributed by atoms with van der Waals surface area (Å²) in [6.07, 6.45) is 6.97. The predicted octanol–water partition coefficient (Wildman–Crippen LogP) is 3.23. The Morgan fingerprint density at radius 3 is 2.59 bits per heavy atom. The van der Waals surface area contributed by atoms with E-state index >= 15 is 0 Å². The van der Waals surface area contributed by atoms with Crippen molar-refractivity contribution in [1.29, 1.82) is 0 Å². The van der Waals surface area contributed by atoms with Gasteiger partial charge in [-0.1, -0.05) is 36.6 Å². The number of benzene rings is 1. The molecule has 0 radical (unpaired) electrons. The Balaban J connectivity index is 1.66. The number of nitrogens with one attached hydrogen (secondary N) is 1. The molecule has 3 nitrogen and oxygen atoms in total. The summed E-state index contributed by atoms with van der Waals surface area (Å²) in [4.78, 5) is 14.6. The van der Waals surface area contributed by atoms with Crippen molar-refractivity contribution in [3.63, 3.8) is 0 Å². The van der Waals surface area contributed by atoms with Crippen LogP contribution >= 0.6 is 0 Å². The zero-order valence-corrected chi connectivity index (χ0v) is 14.2. The Morgan fingerprint density at radius 1 is 1.14 bits per heavy atom. The van der Waals surface area contributed by atoms with Crippen LogP contribution in [0.25, 0.3) is 0 Å². The van der Waals surface area contributed by atoms with Gasteiger partial charge in [0.25, 0.3) is 0 Å². The minimum atomic E-state index is 0.143. The van der Waals surface area contributed by atoms with E-state index in [0.29, 0.717) is 6.42 Å². The maximum atomic E-state index is 12.1. The van der Waals surface area contributed by atoms with E-state index in [2.05, 4.69) is 42.3 Å². The summed E-state index contributed by atoms with van der Waals surface area (Å²) in [5.74, 6) is 0.143. The van der Waals surface area contributed by atoms with Crippen LogP contribution in [0.1, 0.15) is 48.8 Å². The van der Waals surface area contributed by atoms with Gasteiger partial charge in [0.05, 0.1) is 6.42 Å². The Bertz CT molecular complexity index is 476. The SMILES string of the molecule is Cc1ccc(C)c(CC(=O)NCCCN2CCCCCC2)c1. The highest BCUT2D eigenvalue weighted by atomic mass is 16.1. The van der Waals surface area contributed by atoms with Crippen molar-refractivity contribution in [2.75, 3.05) is 26.2 Å². The molecule has 1 amide bonds. The van der Waals surface area contributed by atoms with Gasteiger partial charge >= 0.3 is 0 Å². The minimum Gasteiger partial charge on any atom is -0.356 e. The van der Waals surface area contributed by atoms with Crippen LogP contribution in [-0.2, 0) is 11.2 Å². The summed E-state index contributed by atoms with van der Waals surface area (Å²) in [7, 11) is 0. The molecule has 122 valence electrons. The number of rotatable bonds is 6. The summed E-state index contributed by atoms with van der Waals surface area (Å²) in [5.41, 5.74) is 3.56. The number of carbonyl (C=O) groups is 1. The molecule has 0 spiro atoms. The number of hydrogen-bond donors (Lipinski definition) is 1. The number of nitrogens with zero attached hydrogens (tertiary/aromatic N) is 1. The smallest absolute Gasteiger partial charge is 0.224 e. The molecule has 1 heterocycles. The van der Waals surface area contributed by atoms with E-state index < -0.39 is 0 Å². The molecule has 3 heteroatoms. The number of hydrogen-bond acceptors (Lipinski definition) is 2. The van der Waals surface area contributed by atoms with Crippen molar-refractivity contribution in [3.05, 3.63) is 34.9 Å². The molecule has 0 bridgehead atoms. The summed E-state index contributed by atoms with van der Waals surface area (Å²) < 4.78 is 0. The van der Waals surface area contributed by atoms with E-state index in [4.69, 9.17) is 0 Å². The molecule has 1 aromatic rings. The van der Waals surface area contributed by atoms with Crippen molar-refractivity contribution in [2.45, 2.75) is 52.4 Å². The van der Waals surface area contributed by atoms with Gasteiger partial charge in [-0.2, -0.15) is 0 Å². The molecule has 1 aliphatic rings. The monoisotopic (exact) mass is 302 g/mol. The molecule has 0 unspecified atom stereocenters. The molecular formula is C19H30N2O. The molecule has 0 aromatic heterocycles.